The van der Waals surface area contributed by atoms with Gasteiger partial charge in [0, 0.05) is 6.04 Å². The molecule has 0 aliphatic carbocycles. The average molecular weight is 489 g/mol. The van der Waals surface area contributed by atoms with Gasteiger partial charge in [-0.25, -0.2) is 13.8 Å². The first-order chi connectivity index (χ1) is 16.0. The number of hydrogen-bond donors (Lipinski definition) is 2. The third kappa shape index (κ3) is 8.86. The second-order valence-corrected chi connectivity index (χ2v) is 10.3. The SMILES string of the molecule is CC(C)NC(=O)COc1ccc(/C=N\NC(=O)CN(c2ccc(C(C)C)cc2)S(C)(=O)=O)cc1. The van der Waals surface area contributed by atoms with Gasteiger partial charge in [-0.15, -0.1) is 0 Å². The summed E-state index contributed by atoms with van der Waals surface area (Å²) in [4.78, 5) is 24.0. The number of carbonyl (C=O) groups excluding carboxylic acids is 2. The van der Waals surface area contributed by atoms with Gasteiger partial charge in [0.05, 0.1) is 18.2 Å². The van der Waals surface area contributed by atoms with Crippen LogP contribution in [0.3, 0.4) is 0 Å². The highest BCUT2D eigenvalue weighted by Gasteiger charge is 2.20. The van der Waals surface area contributed by atoms with Crippen molar-refractivity contribution in [1.29, 1.82) is 0 Å². The summed E-state index contributed by atoms with van der Waals surface area (Å²) in [6.07, 6.45) is 2.48. The van der Waals surface area contributed by atoms with E-state index in [4.69, 9.17) is 4.74 Å². The molecule has 0 heterocycles. The zero-order chi connectivity index (χ0) is 25.3. The standard InChI is InChI=1S/C24H32N4O5S/c1-17(2)20-8-10-21(11-9-20)28(34(5,31)32)15-23(29)27-25-14-19-6-12-22(13-7-19)33-16-24(30)26-18(3)4/h6-14,17-18H,15-16H2,1-5H3,(H,26,30)(H,27,29)/b25-14-. The molecule has 0 bridgehead atoms. The Morgan fingerprint density at radius 2 is 1.62 bits per heavy atom. The van der Waals surface area contributed by atoms with E-state index in [2.05, 4.69) is 15.8 Å². The van der Waals surface area contributed by atoms with Gasteiger partial charge in [0.25, 0.3) is 11.8 Å². The van der Waals surface area contributed by atoms with Crippen LogP contribution in [0.1, 0.15) is 44.7 Å². The fourth-order valence-electron chi connectivity index (χ4n) is 2.93. The number of carbonyl (C=O) groups is 2. The topological polar surface area (TPSA) is 117 Å². The predicted molar refractivity (Wildman–Crippen MR) is 134 cm³/mol. The van der Waals surface area contributed by atoms with Crippen molar-refractivity contribution in [1.82, 2.24) is 10.7 Å². The monoisotopic (exact) mass is 488 g/mol. The number of hydrazone groups is 1. The second-order valence-electron chi connectivity index (χ2n) is 8.39. The molecule has 0 radical (unpaired) electrons. The van der Waals surface area contributed by atoms with E-state index in [0.29, 0.717) is 22.9 Å². The van der Waals surface area contributed by atoms with Crippen molar-refractivity contribution in [2.75, 3.05) is 23.7 Å². The minimum Gasteiger partial charge on any atom is -0.484 e. The molecule has 0 saturated heterocycles. The van der Waals surface area contributed by atoms with Crippen LogP contribution in [0.2, 0.25) is 0 Å². The van der Waals surface area contributed by atoms with Crippen molar-refractivity contribution in [2.45, 2.75) is 39.7 Å². The van der Waals surface area contributed by atoms with Crippen molar-refractivity contribution in [3.05, 3.63) is 59.7 Å². The molecule has 0 saturated carbocycles. The molecule has 0 fully saturated rings. The molecular weight excluding hydrogens is 456 g/mol. The lowest BCUT2D eigenvalue weighted by atomic mass is 10.0. The van der Waals surface area contributed by atoms with Gasteiger partial charge >= 0.3 is 0 Å². The van der Waals surface area contributed by atoms with E-state index in [9.17, 15) is 18.0 Å². The van der Waals surface area contributed by atoms with Crippen LogP contribution in [-0.2, 0) is 19.6 Å². The molecule has 34 heavy (non-hydrogen) atoms. The zero-order valence-corrected chi connectivity index (χ0v) is 20.9. The molecule has 10 heteroatoms. The summed E-state index contributed by atoms with van der Waals surface area (Å²) < 4.78 is 30.9. The quantitative estimate of drug-likeness (QED) is 0.372. The molecule has 0 aliphatic rings. The highest BCUT2D eigenvalue weighted by Crippen LogP contribution is 2.21. The molecule has 2 aromatic carbocycles. The van der Waals surface area contributed by atoms with E-state index >= 15 is 0 Å². The van der Waals surface area contributed by atoms with Gasteiger partial charge in [0.1, 0.15) is 12.3 Å². The Morgan fingerprint density at radius 1 is 1.00 bits per heavy atom. The first-order valence-corrected chi connectivity index (χ1v) is 12.7. The van der Waals surface area contributed by atoms with Crippen LogP contribution in [0.25, 0.3) is 0 Å². The second kappa shape index (κ2) is 12.2. The molecule has 0 aliphatic heterocycles. The summed E-state index contributed by atoms with van der Waals surface area (Å²) >= 11 is 0. The van der Waals surface area contributed by atoms with Crippen LogP contribution in [0.15, 0.2) is 53.6 Å². The van der Waals surface area contributed by atoms with Crippen molar-refractivity contribution < 1.29 is 22.7 Å². The van der Waals surface area contributed by atoms with E-state index in [0.717, 1.165) is 16.1 Å². The molecule has 2 aromatic rings. The normalized spacial score (nSPS) is 11.6. The smallest absolute Gasteiger partial charge is 0.260 e. The van der Waals surface area contributed by atoms with Crippen LogP contribution in [0.5, 0.6) is 5.75 Å². The highest BCUT2D eigenvalue weighted by atomic mass is 32.2. The Morgan fingerprint density at radius 3 is 2.15 bits per heavy atom. The molecule has 2 rings (SSSR count). The van der Waals surface area contributed by atoms with E-state index in [1.807, 2.05) is 39.8 Å². The summed E-state index contributed by atoms with van der Waals surface area (Å²) in [6.45, 7) is 7.34. The molecule has 0 aromatic heterocycles. The molecule has 0 unspecified atom stereocenters. The van der Waals surface area contributed by atoms with Gasteiger partial charge in [0.15, 0.2) is 6.61 Å². The average Bonchev–Trinajstić information content (AvgIpc) is 2.76. The molecular formula is C24H32N4O5S. The van der Waals surface area contributed by atoms with Crippen LogP contribution >= 0.6 is 0 Å². The lowest BCUT2D eigenvalue weighted by molar-refractivity contribution is -0.123. The maximum Gasteiger partial charge on any atom is 0.260 e. The van der Waals surface area contributed by atoms with E-state index < -0.39 is 22.5 Å². The van der Waals surface area contributed by atoms with Gasteiger partial charge in [-0.2, -0.15) is 5.10 Å². The van der Waals surface area contributed by atoms with E-state index in [1.165, 1.54) is 6.21 Å². The van der Waals surface area contributed by atoms with E-state index in [-0.39, 0.29) is 18.6 Å². The number of amides is 2. The lowest BCUT2D eigenvalue weighted by Crippen LogP contribution is -2.39. The number of anilines is 1. The third-order valence-corrected chi connectivity index (χ3v) is 5.78. The Balaban J connectivity index is 1.93. The van der Waals surface area contributed by atoms with Gasteiger partial charge < -0.3 is 10.1 Å². The van der Waals surface area contributed by atoms with Crippen molar-refractivity contribution >= 4 is 33.7 Å². The first kappa shape index (κ1) is 26.8. The fourth-order valence-corrected chi connectivity index (χ4v) is 3.79. The number of benzene rings is 2. The number of nitrogens with zero attached hydrogens (tertiary/aromatic N) is 2. The highest BCUT2D eigenvalue weighted by molar-refractivity contribution is 7.92. The minimum absolute atomic E-state index is 0.0415. The maximum absolute atomic E-state index is 12.3. The van der Waals surface area contributed by atoms with E-state index in [1.54, 1.807) is 36.4 Å². The van der Waals surface area contributed by atoms with Crippen LogP contribution in [0, 0.1) is 0 Å². The van der Waals surface area contributed by atoms with Gasteiger partial charge in [-0.3, -0.25) is 13.9 Å². The van der Waals surface area contributed by atoms with Crippen molar-refractivity contribution in [3.63, 3.8) is 0 Å². The van der Waals surface area contributed by atoms with Gasteiger partial charge in [-0.05, 0) is 67.3 Å². The number of nitrogens with one attached hydrogen (secondary N) is 2. The maximum atomic E-state index is 12.3. The number of hydrogen-bond acceptors (Lipinski definition) is 6. The lowest BCUT2D eigenvalue weighted by Gasteiger charge is -2.21. The number of rotatable bonds is 11. The molecule has 184 valence electrons. The molecule has 0 spiro atoms. The molecule has 2 amide bonds. The Hall–Kier alpha value is -3.40. The molecule has 9 nitrogen and oxygen atoms in total. The van der Waals surface area contributed by atoms with Crippen LogP contribution in [-0.4, -0.2) is 51.9 Å². The summed E-state index contributed by atoms with van der Waals surface area (Å²) in [5.74, 6) is 0.0452. The fraction of sp³-hybridized carbons (Fsp3) is 0.375. The number of ether oxygens (including phenoxy) is 1. The molecule has 2 N–H and O–H groups in total. The van der Waals surface area contributed by atoms with Crippen molar-refractivity contribution in [2.24, 2.45) is 5.10 Å². The summed E-state index contributed by atoms with van der Waals surface area (Å²) in [7, 11) is -3.67. The summed E-state index contributed by atoms with van der Waals surface area (Å²) in [6, 6.07) is 13.9. The first-order valence-electron chi connectivity index (χ1n) is 10.9. The predicted octanol–water partition coefficient (Wildman–Crippen LogP) is 2.63. The van der Waals surface area contributed by atoms with Gasteiger partial charge in [-0.1, -0.05) is 26.0 Å². The zero-order valence-electron chi connectivity index (χ0n) is 20.1. The van der Waals surface area contributed by atoms with Crippen molar-refractivity contribution in [3.8, 4) is 5.75 Å². The number of sulfonamides is 1. The van der Waals surface area contributed by atoms with Crippen LogP contribution < -0.4 is 19.8 Å². The Labute approximate surface area is 201 Å². The summed E-state index contributed by atoms with van der Waals surface area (Å²) in [5.41, 5.74) is 4.51. The third-order valence-electron chi connectivity index (χ3n) is 4.64. The van der Waals surface area contributed by atoms with Gasteiger partial charge in [0.2, 0.25) is 10.0 Å². The molecule has 0 atom stereocenters. The van der Waals surface area contributed by atoms with Crippen LogP contribution in [0.4, 0.5) is 5.69 Å². The summed E-state index contributed by atoms with van der Waals surface area (Å²) in [5, 5.41) is 6.63. The largest absolute Gasteiger partial charge is 0.484 e. The minimum atomic E-state index is -3.67. The Bertz CT molecular complexity index is 1100. The Kier molecular flexibility index (Phi) is 9.61.